The zero-order valence-corrected chi connectivity index (χ0v) is 16.8. The van der Waals surface area contributed by atoms with Gasteiger partial charge >= 0.3 is 0 Å². The van der Waals surface area contributed by atoms with E-state index < -0.39 is 0 Å². The summed E-state index contributed by atoms with van der Waals surface area (Å²) >= 11 is 5.91. The first-order valence-electron chi connectivity index (χ1n) is 9.42. The normalized spacial score (nSPS) is 12.1. The van der Waals surface area contributed by atoms with Crippen molar-refractivity contribution in [2.75, 3.05) is 19.6 Å². The average molecular weight is 398 g/mol. The van der Waals surface area contributed by atoms with Crippen molar-refractivity contribution in [3.8, 4) is 11.3 Å². The maximum atomic E-state index is 12.6. The van der Waals surface area contributed by atoms with Crippen LogP contribution in [0.5, 0.6) is 0 Å². The standard InChI is InChI=1S/C22H24ClN3O2/c1-3-26(4-2)20(16-8-6-5-7-9-16)15-24-22(27)19-14-21(28-25-19)17-10-12-18(23)13-11-17/h5-14,20H,3-4,15H2,1-2H3,(H,24,27). The Balaban J connectivity index is 1.70. The van der Waals surface area contributed by atoms with Crippen molar-refractivity contribution in [2.45, 2.75) is 19.9 Å². The highest BCUT2D eigenvalue weighted by molar-refractivity contribution is 6.30. The van der Waals surface area contributed by atoms with E-state index in [2.05, 4.69) is 41.4 Å². The molecule has 1 amide bonds. The summed E-state index contributed by atoms with van der Waals surface area (Å²) in [6.07, 6.45) is 0. The van der Waals surface area contributed by atoms with Crippen LogP contribution in [0.4, 0.5) is 0 Å². The van der Waals surface area contributed by atoms with Crippen molar-refractivity contribution in [1.82, 2.24) is 15.4 Å². The number of carbonyl (C=O) groups excluding carboxylic acids is 1. The topological polar surface area (TPSA) is 58.4 Å². The molecule has 0 aliphatic heterocycles. The average Bonchev–Trinajstić information content (AvgIpc) is 3.22. The van der Waals surface area contributed by atoms with Crippen LogP contribution in [-0.2, 0) is 0 Å². The molecule has 146 valence electrons. The van der Waals surface area contributed by atoms with Gasteiger partial charge < -0.3 is 9.84 Å². The fourth-order valence-electron chi connectivity index (χ4n) is 3.21. The maximum Gasteiger partial charge on any atom is 0.273 e. The van der Waals surface area contributed by atoms with E-state index in [1.165, 1.54) is 5.56 Å². The Hall–Kier alpha value is -2.63. The van der Waals surface area contributed by atoms with Crippen LogP contribution in [0, 0.1) is 0 Å². The van der Waals surface area contributed by atoms with E-state index in [4.69, 9.17) is 16.1 Å². The molecular weight excluding hydrogens is 374 g/mol. The zero-order chi connectivity index (χ0) is 19.9. The van der Waals surface area contributed by atoms with Gasteiger partial charge in [0.15, 0.2) is 11.5 Å². The molecule has 0 fully saturated rings. The number of benzene rings is 2. The third kappa shape index (κ3) is 4.80. The minimum Gasteiger partial charge on any atom is -0.355 e. The molecule has 1 unspecified atom stereocenters. The van der Waals surface area contributed by atoms with Crippen LogP contribution in [-0.4, -0.2) is 35.6 Å². The monoisotopic (exact) mass is 397 g/mol. The second kappa shape index (κ2) is 9.53. The highest BCUT2D eigenvalue weighted by atomic mass is 35.5. The number of likely N-dealkylation sites (N-methyl/N-ethyl adjacent to an activating group) is 1. The second-order valence-corrected chi connectivity index (χ2v) is 6.88. The van der Waals surface area contributed by atoms with Crippen LogP contribution in [0.25, 0.3) is 11.3 Å². The van der Waals surface area contributed by atoms with E-state index in [1.807, 2.05) is 30.3 Å². The highest BCUT2D eigenvalue weighted by Crippen LogP contribution is 2.23. The minimum atomic E-state index is -0.253. The lowest BCUT2D eigenvalue weighted by Crippen LogP contribution is -2.38. The molecule has 28 heavy (non-hydrogen) atoms. The number of hydrogen-bond donors (Lipinski definition) is 1. The highest BCUT2D eigenvalue weighted by Gasteiger charge is 2.20. The Bertz CT molecular complexity index is 890. The van der Waals surface area contributed by atoms with Gasteiger partial charge in [-0.2, -0.15) is 0 Å². The molecule has 1 aromatic heterocycles. The molecule has 0 saturated heterocycles. The quantitative estimate of drug-likeness (QED) is 0.592. The number of nitrogens with one attached hydrogen (secondary N) is 1. The predicted molar refractivity (Wildman–Crippen MR) is 111 cm³/mol. The van der Waals surface area contributed by atoms with Crippen LogP contribution >= 0.6 is 11.6 Å². The molecule has 0 radical (unpaired) electrons. The lowest BCUT2D eigenvalue weighted by Gasteiger charge is -2.30. The summed E-state index contributed by atoms with van der Waals surface area (Å²) in [5.74, 6) is 0.280. The minimum absolute atomic E-state index is 0.0998. The fourth-order valence-corrected chi connectivity index (χ4v) is 3.34. The third-order valence-electron chi connectivity index (χ3n) is 4.76. The van der Waals surface area contributed by atoms with Crippen molar-refractivity contribution in [2.24, 2.45) is 0 Å². The number of hydrogen-bond acceptors (Lipinski definition) is 4. The van der Waals surface area contributed by atoms with Crippen LogP contribution < -0.4 is 5.32 Å². The smallest absolute Gasteiger partial charge is 0.273 e. The molecule has 0 spiro atoms. The molecule has 1 heterocycles. The predicted octanol–water partition coefficient (Wildman–Crippen LogP) is 4.81. The molecule has 0 aliphatic rings. The summed E-state index contributed by atoms with van der Waals surface area (Å²) in [7, 11) is 0. The van der Waals surface area contributed by atoms with Gasteiger partial charge in [0.25, 0.3) is 5.91 Å². The molecule has 0 aliphatic carbocycles. The first-order chi connectivity index (χ1) is 13.6. The van der Waals surface area contributed by atoms with Crippen molar-refractivity contribution < 1.29 is 9.32 Å². The largest absolute Gasteiger partial charge is 0.355 e. The zero-order valence-electron chi connectivity index (χ0n) is 16.1. The molecule has 0 bridgehead atoms. The summed E-state index contributed by atoms with van der Waals surface area (Å²) in [4.78, 5) is 14.9. The summed E-state index contributed by atoms with van der Waals surface area (Å²) in [5, 5.41) is 7.56. The molecule has 1 atom stereocenters. The number of amides is 1. The van der Waals surface area contributed by atoms with Crippen LogP contribution in [0.15, 0.2) is 65.2 Å². The van der Waals surface area contributed by atoms with E-state index in [1.54, 1.807) is 18.2 Å². The van der Waals surface area contributed by atoms with E-state index in [0.29, 0.717) is 17.3 Å². The van der Waals surface area contributed by atoms with E-state index in [0.717, 1.165) is 18.7 Å². The third-order valence-corrected chi connectivity index (χ3v) is 5.02. The fraction of sp³-hybridized carbons (Fsp3) is 0.273. The van der Waals surface area contributed by atoms with Crippen LogP contribution in [0.3, 0.4) is 0 Å². The summed E-state index contributed by atoms with van der Waals surface area (Å²) in [6.45, 7) is 6.54. The molecule has 3 aromatic rings. The lowest BCUT2D eigenvalue weighted by atomic mass is 10.0. The van der Waals surface area contributed by atoms with Crippen molar-refractivity contribution in [3.63, 3.8) is 0 Å². The first-order valence-corrected chi connectivity index (χ1v) is 9.80. The first kappa shape index (κ1) is 20.1. The van der Waals surface area contributed by atoms with Gasteiger partial charge in [-0.25, -0.2) is 0 Å². The van der Waals surface area contributed by atoms with Crippen molar-refractivity contribution in [1.29, 1.82) is 0 Å². The van der Waals surface area contributed by atoms with Gasteiger partial charge in [0.1, 0.15) is 0 Å². The molecule has 2 aromatic carbocycles. The van der Waals surface area contributed by atoms with E-state index in [9.17, 15) is 4.79 Å². The summed E-state index contributed by atoms with van der Waals surface area (Å²) in [6, 6.07) is 19.2. The van der Waals surface area contributed by atoms with Gasteiger partial charge in [-0.15, -0.1) is 0 Å². The lowest BCUT2D eigenvalue weighted by molar-refractivity contribution is 0.0926. The Morgan fingerprint density at radius 2 is 1.79 bits per heavy atom. The molecule has 1 N–H and O–H groups in total. The molecular formula is C22H24ClN3O2. The molecule has 0 saturated carbocycles. The number of nitrogens with zero attached hydrogens (tertiary/aromatic N) is 2. The van der Waals surface area contributed by atoms with Gasteiger partial charge in [-0.1, -0.05) is 60.9 Å². The number of carbonyl (C=O) groups is 1. The van der Waals surface area contributed by atoms with Gasteiger partial charge in [0.2, 0.25) is 0 Å². The summed E-state index contributed by atoms with van der Waals surface area (Å²) < 4.78 is 5.33. The Morgan fingerprint density at radius 3 is 2.43 bits per heavy atom. The van der Waals surface area contributed by atoms with Gasteiger partial charge in [0.05, 0.1) is 6.04 Å². The number of aromatic nitrogens is 1. The Morgan fingerprint density at radius 1 is 1.11 bits per heavy atom. The van der Waals surface area contributed by atoms with Gasteiger partial charge in [-0.05, 0) is 42.9 Å². The summed E-state index contributed by atoms with van der Waals surface area (Å²) in [5.41, 5.74) is 2.26. The van der Waals surface area contributed by atoms with Crippen LogP contribution in [0.2, 0.25) is 5.02 Å². The second-order valence-electron chi connectivity index (χ2n) is 6.44. The van der Waals surface area contributed by atoms with Crippen molar-refractivity contribution >= 4 is 17.5 Å². The maximum absolute atomic E-state index is 12.6. The van der Waals surface area contributed by atoms with E-state index >= 15 is 0 Å². The van der Waals surface area contributed by atoms with Crippen LogP contribution in [0.1, 0.15) is 35.9 Å². The Kier molecular flexibility index (Phi) is 6.85. The van der Waals surface area contributed by atoms with Gasteiger partial charge in [0, 0.05) is 23.2 Å². The van der Waals surface area contributed by atoms with Crippen molar-refractivity contribution in [3.05, 3.63) is 76.9 Å². The molecule has 5 nitrogen and oxygen atoms in total. The van der Waals surface area contributed by atoms with Gasteiger partial charge in [-0.3, -0.25) is 9.69 Å². The van der Waals surface area contributed by atoms with E-state index in [-0.39, 0.29) is 17.6 Å². The SMILES string of the molecule is CCN(CC)C(CNC(=O)c1cc(-c2ccc(Cl)cc2)on1)c1ccccc1. The Labute approximate surface area is 170 Å². The molecule has 6 heteroatoms. The molecule has 3 rings (SSSR count). The number of rotatable bonds is 8. The number of halogens is 1.